The van der Waals surface area contributed by atoms with Gasteiger partial charge in [-0.15, -0.1) is 5.10 Å². The minimum Gasteiger partial charge on any atom is -0.357 e. The largest absolute Gasteiger partial charge is 0.357 e. The number of hydrogen-bond acceptors (Lipinski definition) is 4. The Morgan fingerprint density at radius 2 is 1.68 bits per heavy atom. The van der Waals surface area contributed by atoms with Crippen LogP contribution in [-0.4, -0.2) is 26.8 Å². The molecular formula is C25H24FN5. The Bertz CT molecular complexity index is 1140. The quantitative estimate of drug-likeness (QED) is 0.464. The van der Waals surface area contributed by atoms with Gasteiger partial charge in [0, 0.05) is 18.8 Å². The van der Waals surface area contributed by atoms with Crippen molar-refractivity contribution in [2.75, 3.05) is 11.4 Å². The first-order valence-corrected chi connectivity index (χ1v) is 10.7. The molecule has 1 aromatic heterocycles. The van der Waals surface area contributed by atoms with Crippen molar-refractivity contribution in [3.05, 3.63) is 107 Å². The van der Waals surface area contributed by atoms with Gasteiger partial charge in [0.25, 0.3) is 0 Å². The van der Waals surface area contributed by atoms with Gasteiger partial charge in [0.2, 0.25) is 0 Å². The summed E-state index contributed by atoms with van der Waals surface area (Å²) in [5.74, 6) is 0.532. The van der Waals surface area contributed by atoms with Gasteiger partial charge in [0.05, 0.1) is 0 Å². The molecule has 5 rings (SSSR count). The molecular weight excluding hydrogens is 389 g/mol. The lowest BCUT2D eigenvalue weighted by atomic mass is 9.96. The van der Waals surface area contributed by atoms with Gasteiger partial charge >= 0.3 is 0 Å². The molecule has 0 aliphatic carbocycles. The number of aryl methyl sites for hydroxylation is 3. The second-order valence-corrected chi connectivity index (χ2v) is 7.88. The summed E-state index contributed by atoms with van der Waals surface area (Å²) in [7, 11) is 0. The summed E-state index contributed by atoms with van der Waals surface area (Å²) in [5, 5.41) is 12.8. The average molecular weight is 414 g/mol. The molecule has 0 fully saturated rings. The molecule has 0 saturated heterocycles. The summed E-state index contributed by atoms with van der Waals surface area (Å²) in [6.07, 6.45) is 2.95. The molecule has 0 unspecified atom stereocenters. The highest BCUT2D eigenvalue weighted by atomic mass is 19.1. The van der Waals surface area contributed by atoms with E-state index in [1.54, 1.807) is 0 Å². The van der Waals surface area contributed by atoms with Crippen molar-refractivity contribution in [1.29, 1.82) is 0 Å². The van der Waals surface area contributed by atoms with E-state index in [0.717, 1.165) is 37.2 Å². The van der Waals surface area contributed by atoms with Crippen LogP contribution >= 0.6 is 0 Å². The smallest absolute Gasteiger partial charge is 0.178 e. The Hall–Kier alpha value is -3.54. The Kier molecular flexibility index (Phi) is 5.44. The van der Waals surface area contributed by atoms with Crippen LogP contribution in [0.4, 0.5) is 10.1 Å². The molecule has 1 aliphatic heterocycles. The molecule has 31 heavy (non-hydrogen) atoms. The highest BCUT2D eigenvalue weighted by Crippen LogP contribution is 2.37. The van der Waals surface area contributed by atoms with Crippen LogP contribution in [0.25, 0.3) is 0 Å². The maximum Gasteiger partial charge on any atom is 0.178 e. The molecule has 0 amide bonds. The van der Waals surface area contributed by atoms with E-state index < -0.39 is 0 Å². The molecule has 0 N–H and O–H groups in total. The molecule has 0 bridgehead atoms. The predicted octanol–water partition coefficient (Wildman–Crippen LogP) is 4.60. The summed E-state index contributed by atoms with van der Waals surface area (Å²) in [6.45, 7) is 1.57. The topological polar surface area (TPSA) is 46.8 Å². The lowest BCUT2D eigenvalue weighted by Gasteiger charge is -2.37. The third kappa shape index (κ3) is 4.06. The van der Waals surface area contributed by atoms with Crippen LogP contribution in [0.15, 0.2) is 78.9 Å². The lowest BCUT2D eigenvalue weighted by Crippen LogP contribution is -2.36. The van der Waals surface area contributed by atoms with Crippen LogP contribution in [0.5, 0.6) is 0 Å². The van der Waals surface area contributed by atoms with Gasteiger partial charge in [-0.1, -0.05) is 60.7 Å². The van der Waals surface area contributed by atoms with Crippen LogP contribution in [0.3, 0.4) is 0 Å². The number of halogens is 1. The number of para-hydroxylation sites is 1. The second-order valence-electron chi connectivity index (χ2n) is 7.88. The van der Waals surface area contributed by atoms with Crippen molar-refractivity contribution in [2.24, 2.45) is 0 Å². The van der Waals surface area contributed by atoms with Crippen LogP contribution in [0.2, 0.25) is 0 Å². The zero-order valence-electron chi connectivity index (χ0n) is 17.2. The van der Waals surface area contributed by atoms with Gasteiger partial charge < -0.3 is 4.90 Å². The predicted molar refractivity (Wildman–Crippen MR) is 118 cm³/mol. The van der Waals surface area contributed by atoms with Crippen molar-refractivity contribution in [3.8, 4) is 0 Å². The SMILES string of the molecule is Fc1ccc([C@@H](c2nnnn2CCc2ccccc2)N2CCCc3ccccc32)cc1. The lowest BCUT2D eigenvalue weighted by molar-refractivity contribution is 0.527. The van der Waals surface area contributed by atoms with E-state index in [2.05, 4.69) is 56.8 Å². The number of aromatic nitrogens is 4. The number of fused-ring (bicyclic) bond motifs is 1. The molecule has 5 nitrogen and oxygen atoms in total. The second kappa shape index (κ2) is 8.68. The summed E-state index contributed by atoms with van der Waals surface area (Å²) in [5.41, 5.74) is 4.74. The molecule has 2 heterocycles. The average Bonchev–Trinajstić information content (AvgIpc) is 3.28. The first-order valence-electron chi connectivity index (χ1n) is 10.7. The molecule has 1 atom stereocenters. The van der Waals surface area contributed by atoms with Crippen molar-refractivity contribution in [2.45, 2.75) is 31.8 Å². The third-order valence-corrected chi connectivity index (χ3v) is 5.90. The summed E-state index contributed by atoms with van der Waals surface area (Å²) in [4.78, 5) is 2.36. The van der Waals surface area contributed by atoms with Crippen LogP contribution in [-0.2, 0) is 19.4 Å². The maximum absolute atomic E-state index is 13.7. The third-order valence-electron chi connectivity index (χ3n) is 5.90. The number of tetrazole rings is 1. The molecule has 0 saturated carbocycles. The van der Waals surface area contributed by atoms with Gasteiger partial charge in [0.1, 0.15) is 11.9 Å². The molecule has 156 valence electrons. The van der Waals surface area contributed by atoms with Gasteiger partial charge in [0.15, 0.2) is 5.82 Å². The van der Waals surface area contributed by atoms with Crippen molar-refractivity contribution < 1.29 is 4.39 Å². The molecule has 1 aliphatic rings. The molecule has 0 radical (unpaired) electrons. The Morgan fingerprint density at radius 3 is 2.52 bits per heavy atom. The van der Waals surface area contributed by atoms with E-state index in [1.165, 1.54) is 28.9 Å². The molecule has 4 aromatic rings. The zero-order chi connectivity index (χ0) is 21.0. The number of anilines is 1. The maximum atomic E-state index is 13.7. The van der Waals surface area contributed by atoms with Crippen LogP contribution in [0.1, 0.15) is 35.0 Å². The standard InChI is InChI=1S/C25H24FN5/c26-22-14-12-21(13-15-22)24(30-17-6-10-20-9-4-5-11-23(20)30)25-27-28-29-31(25)18-16-19-7-2-1-3-8-19/h1-5,7-9,11-15,24H,6,10,16-18H2/t24-/m0/s1. The normalized spacial score (nSPS) is 14.3. The highest BCUT2D eigenvalue weighted by Gasteiger charge is 2.31. The first kappa shape index (κ1) is 19.4. The summed E-state index contributed by atoms with van der Waals surface area (Å²) < 4.78 is 15.6. The minimum atomic E-state index is -0.245. The summed E-state index contributed by atoms with van der Waals surface area (Å²) in [6, 6.07) is 25.3. The van der Waals surface area contributed by atoms with Crippen molar-refractivity contribution in [1.82, 2.24) is 20.2 Å². The molecule has 0 spiro atoms. The number of benzene rings is 3. The van der Waals surface area contributed by atoms with Gasteiger partial charge in [-0.3, -0.25) is 0 Å². The van der Waals surface area contributed by atoms with Crippen LogP contribution in [0, 0.1) is 5.82 Å². The van der Waals surface area contributed by atoms with E-state index in [-0.39, 0.29) is 11.9 Å². The Labute approximate surface area is 181 Å². The Balaban J connectivity index is 1.54. The van der Waals surface area contributed by atoms with Gasteiger partial charge in [-0.2, -0.15) is 0 Å². The van der Waals surface area contributed by atoms with E-state index in [1.807, 2.05) is 35.0 Å². The fourth-order valence-corrected chi connectivity index (χ4v) is 4.39. The van der Waals surface area contributed by atoms with E-state index >= 15 is 0 Å². The highest BCUT2D eigenvalue weighted by molar-refractivity contribution is 5.58. The van der Waals surface area contributed by atoms with Gasteiger partial charge in [-0.05, 0) is 64.6 Å². The number of hydrogen-bond donors (Lipinski definition) is 0. The Morgan fingerprint density at radius 1 is 0.903 bits per heavy atom. The molecule has 6 heteroatoms. The summed E-state index contributed by atoms with van der Waals surface area (Å²) >= 11 is 0. The van der Waals surface area contributed by atoms with E-state index in [9.17, 15) is 4.39 Å². The van der Waals surface area contributed by atoms with Crippen molar-refractivity contribution in [3.63, 3.8) is 0 Å². The minimum absolute atomic E-state index is 0.187. The van der Waals surface area contributed by atoms with Gasteiger partial charge in [-0.25, -0.2) is 9.07 Å². The van der Waals surface area contributed by atoms with Crippen LogP contribution < -0.4 is 4.90 Å². The first-order chi connectivity index (χ1) is 15.3. The fraction of sp³-hybridized carbons (Fsp3) is 0.240. The molecule has 3 aromatic carbocycles. The fourth-order valence-electron chi connectivity index (χ4n) is 4.39. The van der Waals surface area contributed by atoms with Crippen molar-refractivity contribution >= 4 is 5.69 Å². The number of rotatable bonds is 6. The van der Waals surface area contributed by atoms with E-state index in [4.69, 9.17) is 0 Å². The number of nitrogens with zero attached hydrogens (tertiary/aromatic N) is 5. The van der Waals surface area contributed by atoms with E-state index in [0.29, 0.717) is 6.54 Å². The monoisotopic (exact) mass is 413 g/mol. The zero-order valence-corrected chi connectivity index (χ0v) is 17.2.